The minimum atomic E-state index is -4.72. The van der Waals surface area contributed by atoms with Crippen LogP contribution in [0.1, 0.15) is 60.1 Å². The SMILES string of the molecule is Cc1ccc(-n2cc(C(=O)NCC34CC5CC(CC(C5)C3)C4)c(C(F)(F)F)n2)nc1. The van der Waals surface area contributed by atoms with E-state index in [-0.39, 0.29) is 11.2 Å². The van der Waals surface area contributed by atoms with Crippen molar-refractivity contribution in [3.8, 4) is 5.82 Å². The summed E-state index contributed by atoms with van der Waals surface area (Å²) in [4.78, 5) is 16.9. The van der Waals surface area contributed by atoms with Crippen LogP contribution in [0.3, 0.4) is 0 Å². The molecule has 0 saturated heterocycles. The molecule has 5 nitrogen and oxygen atoms in total. The first-order valence-corrected chi connectivity index (χ1v) is 10.6. The lowest BCUT2D eigenvalue weighted by Gasteiger charge is -2.56. The molecule has 4 aliphatic rings. The van der Waals surface area contributed by atoms with Gasteiger partial charge in [-0.3, -0.25) is 4.79 Å². The van der Waals surface area contributed by atoms with Gasteiger partial charge in [0.1, 0.15) is 0 Å². The third-order valence-electron chi connectivity index (χ3n) is 7.15. The summed E-state index contributed by atoms with van der Waals surface area (Å²) in [6, 6.07) is 3.32. The lowest BCUT2D eigenvalue weighted by Crippen LogP contribution is -2.51. The molecule has 4 fully saturated rings. The molecule has 0 radical (unpaired) electrons. The first-order chi connectivity index (χ1) is 14.2. The van der Waals surface area contributed by atoms with Crippen LogP contribution < -0.4 is 5.32 Å². The van der Waals surface area contributed by atoms with Crippen molar-refractivity contribution >= 4 is 5.91 Å². The zero-order chi connectivity index (χ0) is 21.1. The summed E-state index contributed by atoms with van der Waals surface area (Å²) in [5.41, 5.74) is -0.685. The molecular weight excluding hydrogens is 393 g/mol. The summed E-state index contributed by atoms with van der Waals surface area (Å²) < 4.78 is 41.8. The van der Waals surface area contributed by atoms with Crippen molar-refractivity contribution in [2.75, 3.05) is 6.54 Å². The fraction of sp³-hybridized carbons (Fsp3) is 0.591. The molecule has 0 spiro atoms. The number of carbonyl (C=O) groups excluding carboxylic acids is 1. The maximum atomic E-state index is 13.6. The predicted molar refractivity (Wildman–Crippen MR) is 104 cm³/mol. The van der Waals surface area contributed by atoms with Crippen molar-refractivity contribution < 1.29 is 18.0 Å². The molecule has 160 valence electrons. The normalized spacial score (nSPS) is 29.9. The van der Waals surface area contributed by atoms with Gasteiger partial charge in [0.2, 0.25) is 0 Å². The first-order valence-electron chi connectivity index (χ1n) is 10.6. The first kappa shape index (κ1) is 19.6. The van der Waals surface area contributed by atoms with Gasteiger partial charge in [0, 0.05) is 18.9 Å². The van der Waals surface area contributed by atoms with E-state index in [1.807, 2.05) is 6.92 Å². The van der Waals surface area contributed by atoms with E-state index in [2.05, 4.69) is 15.4 Å². The number of rotatable bonds is 4. The minimum absolute atomic E-state index is 0.0529. The van der Waals surface area contributed by atoms with Gasteiger partial charge in [-0.2, -0.15) is 18.3 Å². The summed E-state index contributed by atoms with van der Waals surface area (Å²) in [5, 5.41) is 6.48. The molecule has 0 unspecified atom stereocenters. The molecule has 2 heterocycles. The fourth-order valence-electron chi connectivity index (χ4n) is 6.33. The number of aryl methyl sites for hydroxylation is 1. The third-order valence-corrected chi connectivity index (χ3v) is 7.15. The van der Waals surface area contributed by atoms with E-state index in [4.69, 9.17) is 0 Å². The maximum Gasteiger partial charge on any atom is 0.435 e. The Balaban J connectivity index is 1.37. The van der Waals surface area contributed by atoms with Gasteiger partial charge in [0.25, 0.3) is 5.91 Å². The number of alkyl halides is 3. The van der Waals surface area contributed by atoms with E-state index < -0.39 is 23.3 Å². The van der Waals surface area contributed by atoms with Crippen molar-refractivity contribution in [3.63, 3.8) is 0 Å². The Labute approximate surface area is 173 Å². The van der Waals surface area contributed by atoms with Gasteiger partial charge in [-0.1, -0.05) is 6.07 Å². The van der Waals surface area contributed by atoms with Crippen molar-refractivity contribution in [2.24, 2.45) is 23.2 Å². The second-order valence-electron chi connectivity index (χ2n) is 9.63. The monoisotopic (exact) mass is 418 g/mol. The lowest BCUT2D eigenvalue weighted by molar-refractivity contribution is -0.141. The zero-order valence-corrected chi connectivity index (χ0v) is 16.9. The average molecular weight is 418 g/mol. The number of pyridine rings is 1. The Hall–Kier alpha value is -2.38. The molecule has 0 aliphatic heterocycles. The Morgan fingerprint density at radius 1 is 1.17 bits per heavy atom. The second-order valence-corrected chi connectivity index (χ2v) is 9.63. The van der Waals surface area contributed by atoms with Crippen molar-refractivity contribution in [1.29, 1.82) is 0 Å². The Bertz CT molecular complexity index is 928. The molecule has 1 amide bonds. The summed E-state index contributed by atoms with van der Waals surface area (Å²) >= 11 is 0. The number of amides is 1. The summed E-state index contributed by atoms with van der Waals surface area (Å²) in [7, 11) is 0. The van der Waals surface area contributed by atoms with Crippen LogP contribution >= 0.6 is 0 Å². The third kappa shape index (κ3) is 3.50. The highest BCUT2D eigenvalue weighted by Gasteiger charge is 2.51. The smallest absolute Gasteiger partial charge is 0.351 e. The Morgan fingerprint density at radius 2 is 1.80 bits per heavy atom. The largest absolute Gasteiger partial charge is 0.435 e. The van der Waals surface area contributed by atoms with Crippen LogP contribution in [0.25, 0.3) is 5.82 Å². The van der Waals surface area contributed by atoms with Crippen LogP contribution in [0.5, 0.6) is 0 Å². The van der Waals surface area contributed by atoms with E-state index >= 15 is 0 Å². The molecule has 2 aromatic heterocycles. The van der Waals surface area contributed by atoms with E-state index in [0.717, 1.165) is 35.7 Å². The Morgan fingerprint density at radius 3 is 2.33 bits per heavy atom. The average Bonchev–Trinajstić information content (AvgIpc) is 3.12. The summed E-state index contributed by atoms with van der Waals surface area (Å²) in [6.45, 7) is 2.28. The van der Waals surface area contributed by atoms with Gasteiger partial charge in [0.15, 0.2) is 11.5 Å². The molecule has 0 aromatic carbocycles. The van der Waals surface area contributed by atoms with Crippen LogP contribution in [0.2, 0.25) is 0 Å². The van der Waals surface area contributed by atoms with Crippen molar-refractivity contribution in [3.05, 3.63) is 41.3 Å². The second kappa shape index (κ2) is 6.82. The maximum absolute atomic E-state index is 13.6. The highest BCUT2D eigenvalue weighted by Crippen LogP contribution is 2.59. The van der Waals surface area contributed by atoms with Gasteiger partial charge in [-0.15, -0.1) is 0 Å². The summed E-state index contributed by atoms with van der Waals surface area (Å²) in [6.07, 6.45) is 5.05. The van der Waals surface area contributed by atoms with E-state index in [1.54, 1.807) is 18.3 Å². The minimum Gasteiger partial charge on any atom is -0.351 e. The number of nitrogens with one attached hydrogen (secondary N) is 1. The van der Waals surface area contributed by atoms with Gasteiger partial charge in [0.05, 0.1) is 5.56 Å². The quantitative estimate of drug-likeness (QED) is 0.793. The highest BCUT2D eigenvalue weighted by molar-refractivity contribution is 5.95. The standard InChI is InChI=1S/C22H25F3N4O/c1-13-2-3-18(26-10-13)29-11-17(19(28-29)22(23,24)25)20(30)27-12-21-7-14-4-15(8-21)6-16(5-14)9-21/h2-3,10-11,14-16H,4-9,12H2,1H3,(H,27,30). The molecule has 1 N–H and O–H groups in total. The van der Waals surface area contributed by atoms with Crippen molar-refractivity contribution in [2.45, 2.75) is 51.6 Å². The van der Waals surface area contributed by atoms with Gasteiger partial charge >= 0.3 is 6.18 Å². The topological polar surface area (TPSA) is 59.8 Å². The van der Waals surface area contributed by atoms with E-state index in [9.17, 15) is 18.0 Å². The number of halogens is 3. The van der Waals surface area contributed by atoms with Crippen LogP contribution in [0.15, 0.2) is 24.5 Å². The molecule has 0 atom stereocenters. The van der Waals surface area contributed by atoms with Crippen molar-refractivity contribution in [1.82, 2.24) is 20.1 Å². The molecule has 4 saturated carbocycles. The van der Waals surface area contributed by atoms with Crippen LogP contribution in [-0.4, -0.2) is 27.2 Å². The number of hydrogen-bond donors (Lipinski definition) is 1. The van der Waals surface area contributed by atoms with E-state index in [1.165, 1.54) is 19.3 Å². The fourth-order valence-corrected chi connectivity index (χ4v) is 6.33. The zero-order valence-electron chi connectivity index (χ0n) is 16.9. The van der Waals surface area contributed by atoms with Gasteiger partial charge in [-0.25, -0.2) is 9.67 Å². The molecule has 30 heavy (non-hydrogen) atoms. The number of hydrogen-bond acceptors (Lipinski definition) is 3. The molecule has 4 bridgehead atoms. The van der Waals surface area contributed by atoms with Crippen LogP contribution in [0.4, 0.5) is 13.2 Å². The number of carbonyl (C=O) groups is 1. The molecule has 6 rings (SSSR count). The molecule has 4 aliphatic carbocycles. The van der Waals surface area contributed by atoms with E-state index in [0.29, 0.717) is 24.3 Å². The van der Waals surface area contributed by atoms with Crippen LogP contribution in [0, 0.1) is 30.1 Å². The molecular formula is C22H25F3N4O. The predicted octanol–water partition coefficient (Wildman–Crippen LogP) is 4.54. The van der Waals surface area contributed by atoms with Crippen LogP contribution in [-0.2, 0) is 6.18 Å². The van der Waals surface area contributed by atoms with Gasteiger partial charge < -0.3 is 5.32 Å². The Kier molecular flexibility index (Phi) is 4.45. The van der Waals surface area contributed by atoms with Gasteiger partial charge in [-0.05, 0) is 80.2 Å². The number of nitrogens with zero attached hydrogens (tertiary/aromatic N) is 3. The highest BCUT2D eigenvalue weighted by atomic mass is 19.4. The molecule has 2 aromatic rings. The molecule has 8 heteroatoms. The lowest BCUT2D eigenvalue weighted by atomic mass is 9.49. The summed E-state index contributed by atoms with van der Waals surface area (Å²) in [5.74, 6) is 1.68. The number of aromatic nitrogens is 3.